The highest BCUT2D eigenvalue weighted by atomic mass is 16.5. The quantitative estimate of drug-likeness (QED) is 0.901. The van der Waals surface area contributed by atoms with Gasteiger partial charge in [-0.15, -0.1) is 0 Å². The summed E-state index contributed by atoms with van der Waals surface area (Å²) in [5.74, 6) is 1.93. The summed E-state index contributed by atoms with van der Waals surface area (Å²) in [5, 5.41) is 13.1. The Balaban J connectivity index is 1.97. The zero-order chi connectivity index (χ0) is 14.7. The molecule has 1 saturated heterocycles. The topological polar surface area (TPSA) is 57.6 Å². The van der Waals surface area contributed by atoms with Crippen molar-refractivity contribution in [2.75, 3.05) is 38.2 Å². The van der Waals surface area contributed by atoms with Gasteiger partial charge in [0.2, 0.25) is 0 Å². The van der Waals surface area contributed by atoms with Gasteiger partial charge in [0, 0.05) is 37.9 Å². The minimum Gasteiger partial charge on any atom is -0.508 e. The van der Waals surface area contributed by atoms with Crippen LogP contribution in [0.15, 0.2) is 36.5 Å². The molecule has 1 fully saturated rings. The number of phenolic OH excluding ortho intramolecular Hbond substituents is 1. The van der Waals surface area contributed by atoms with Gasteiger partial charge in [-0.3, -0.25) is 0 Å². The lowest BCUT2D eigenvalue weighted by molar-refractivity contribution is 0.414. The van der Waals surface area contributed by atoms with E-state index in [9.17, 15) is 5.11 Å². The van der Waals surface area contributed by atoms with Crippen LogP contribution in [0.4, 0.5) is 5.82 Å². The molecule has 1 aliphatic rings. The smallest absolute Gasteiger partial charge is 0.129 e. The highest BCUT2D eigenvalue weighted by molar-refractivity contribution is 5.73. The van der Waals surface area contributed by atoms with E-state index >= 15 is 0 Å². The van der Waals surface area contributed by atoms with Crippen LogP contribution in [-0.4, -0.2) is 43.4 Å². The van der Waals surface area contributed by atoms with Gasteiger partial charge in [-0.25, -0.2) is 4.98 Å². The first kappa shape index (κ1) is 13.7. The van der Waals surface area contributed by atoms with Gasteiger partial charge in [0.15, 0.2) is 0 Å². The molecular formula is C16H19N3O2. The van der Waals surface area contributed by atoms with Gasteiger partial charge < -0.3 is 20.1 Å². The van der Waals surface area contributed by atoms with E-state index in [0.717, 1.165) is 48.9 Å². The van der Waals surface area contributed by atoms with E-state index in [1.165, 1.54) is 0 Å². The number of phenols is 1. The molecular weight excluding hydrogens is 266 g/mol. The molecule has 2 aromatic rings. The number of nitrogens with zero attached hydrogens (tertiary/aromatic N) is 2. The number of aromatic nitrogens is 1. The second-order valence-corrected chi connectivity index (χ2v) is 5.02. The molecule has 2 heterocycles. The SMILES string of the molecule is COc1ccc(O)cc1-c1ccnc(N2CCNCC2)c1. The first-order valence-corrected chi connectivity index (χ1v) is 7.07. The van der Waals surface area contributed by atoms with Crippen LogP contribution < -0.4 is 15.0 Å². The Morgan fingerprint density at radius 1 is 1.19 bits per heavy atom. The predicted molar refractivity (Wildman–Crippen MR) is 83.0 cm³/mol. The van der Waals surface area contributed by atoms with Crippen LogP contribution in [0, 0.1) is 0 Å². The van der Waals surface area contributed by atoms with Crippen LogP contribution in [0.3, 0.4) is 0 Å². The number of methoxy groups -OCH3 is 1. The maximum Gasteiger partial charge on any atom is 0.129 e. The van der Waals surface area contributed by atoms with Gasteiger partial charge >= 0.3 is 0 Å². The van der Waals surface area contributed by atoms with E-state index in [4.69, 9.17) is 4.74 Å². The van der Waals surface area contributed by atoms with Crippen molar-refractivity contribution in [1.82, 2.24) is 10.3 Å². The Kier molecular flexibility index (Phi) is 3.92. The highest BCUT2D eigenvalue weighted by Crippen LogP contribution is 2.34. The van der Waals surface area contributed by atoms with Gasteiger partial charge in [-0.05, 0) is 35.9 Å². The molecule has 0 amide bonds. The molecule has 1 aromatic heterocycles. The molecule has 1 aliphatic heterocycles. The normalized spacial score (nSPS) is 15.0. The molecule has 0 atom stereocenters. The summed E-state index contributed by atoms with van der Waals surface area (Å²) >= 11 is 0. The number of aromatic hydroxyl groups is 1. The van der Waals surface area contributed by atoms with Gasteiger partial charge in [0.25, 0.3) is 0 Å². The predicted octanol–water partition coefficient (Wildman–Crippen LogP) is 1.87. The minimum atomic E-state index is 0.228. The zero-order valence-corrected chi connectivity index (χ0v) is 12.0. The van der Waals surface area contributed by atoms with Crippen LogP contribution in [0.25, 0.3) is 11.1 Å². The number of nitrogens with one attached hydrogen (secondary N) is 1. The van der Waals surface area contributed by atoms with Crippen LogP contribution in [-0.2, 0) is 0 Å². The van der Waals surface area contributed by atoms with Gasteiger partial charge in [-0.1, -0.05) is 0 Å². The van der Waals surface area contributed by atoms with Crippen molar-refractivity contribution in [3.63, 3.8) is 0 Å². The van der Waals surface area contributed by atoms with Gasteiger partial charge in [0.1, 0.15) is 17.3 Å². The van der Waals surface area contributed by atoms with E-state index in [1.54, 1.807) is 31.5 Å². The van der Waals surface area contributed by atoms with E-state index in [-0.39, 0.29) is 5.75 Å². The molecule has 3 rings (SSSR count). The average Bonchev–Trinajstić information content (AvgIpc) is 2.56. The molecule has 0 radical (unpaired) electrons. The molecule has 0 unspecified atom stereocenters. The molecule has 0 spiro atoms. The summed E-state index contributed by atoms with van der Waals surface area (Å²) < 4.78 is 5.38. The van der Waals surface area contributed by atoms with E-state index in [1.807, 2.05) is 12.1 Å². The van der Waals surface area contributed by atoms with Crippen molar-refractivity contribution in [2.45, 2.75) is 0 Å². The molecule has 2 N–H and O–H groups in total. The molecule has 21 heavy (non-hydrogen) atoms. The third-order valence-electron chi connectivity index (χ3n) is 3.68. The first-order chi connectivity index (χ1) is 10.3. The third-order valence-corrected chi connectivity index (χ3v) is 3.68. The maximum absolute atomic E-state index is 9.72. The fourth-order valence-electron chi connectivity index (χ4n) is 2.57. The van der Waals surface area contributed by atoms with Gasteiger partial charge in [0.05, 0.1) is 7.11 Å². The van der Waals surface area contributed by atoms with Crippen molar-refractivity contribution < 1.29 is 9.84 Å². The molecule has 1 aromatic carbocycles. The Morgan fingerprint density at radius 3 is 2.76 bits per heavy atom. The molecule has 110 valence electrons. The number of hydrogen-bond donors (Lipinski definition) is 2. The Hall–Kier alpha value is -2.27. The second-order valence-electron chi connectivity index (χ2n) is 5.02. The lowest BCUT2D eigenvalue weighted by atomic mass is 10.1. The van der Waals surface area contributed by atoms with Crippen LogP contribution in [0.5, 0.6) is 11.5 Å². The number of pyridine rings is 1. The second kappa shape index (κ2) is 6.01. The van der Waals surface area contributed by atoms with E-state index < -0.39 is 0 Å². The average molecular weight is 285 g/mol. The van der Waals surface area contributed by atoms with Crippen molar-refractivity contribution in [3.8, 4) is 22.6 Å². The summed E-state index contributed by atoms with van der Waals surface area (Å²) in [6.07, 6.45) is 1.80. The highest BCUT2D eigenvalue weighted by Gasteiger charge is 2.14. The lowest BCUT2D eigenvalue weighted by Crippen LogP contribution is -2.43. The first-order valence-electron chi connectivity index (χ1n) is 7.07. The fourth-order valence-corrected chi connectivity index (χ4v) is 2.57. The monoisotopic (exact) mass is 285 g/mol. The summed E-state index contributed by atoms with van der Waals surface area (Å²) in [7, 11) is 1.63. The van der Waals surface area contributed by atoms with Crippen molar-refractivity contribution in [2.24, 2.45) is 0 Å². The standard InChI is InChI=1S/C16H19N3O2/c1-21-15-3-2-13(20)11-14(15)12-4-5-18-16(10-12)19-8-6-17-7-9-19/h2-5,10-11,17,20H,6-9H2,1H3. The third kappa shape index (κ3) is 2.92. The molecule has 5 heteroatoms. The summed E-state index contributed by atoms with van der Waals surface area (Å²) in [6, 6.07) is 9.09. The molecule has 5 nitrogen and oxygen atoms in total. The van der Waals surface area contributed by atoms with Gasteiger partial charge in [-0.2, -0.15) is 0 Å². The van der Waals surface area contributed by atoms with Crippen LogP contribution >= 0.6 is 0 Å². The molecule has 0 aliphatic carbocycles. The zero-order valence-electron chi connectivity index (χ0n) is 12.0. The number of hydrogen-bond acceptors (Lipinski definition) is 5. The lowest BCUT2D eigenvalue weighted by Gasteiger charge is -2.28. The molecule has 0 saturated carbocycles. The number of anilines is 1. The summed E-state index contributed by atoms with van der Waals surface area (Å²) in [6.45, 7) is 3.85. The van der Waals surface area contributed by atoms with Crippen molar-refractivity contribution in [1.29, 1.82) is 0 Å². The van der Waals surface area contributed by atoms with Crippen LogP contribution in [0.2, 0.25) is 0 Å². The molecule has 0 bridgehead atoms. The van der Waals surface area contributed by atoms with Crippen molar-refractivity contribution in [3.05, 3.63) is 36.5 Å². The summed E-state index contributed by atoms with van der Waals surface area (Å²) in [5.41, 5.74) is 1.86. The summed E-state index contributed by atoms with van der Waals surface area (Å²) in [4.78, 5) is 6.72. The minimum absolute atomic E-state index is 0.228. The number of rotatable bonds is 3. The Bertz CT molecular complexity index is 625. The fraction of sp³-hybridized carbons (Fsp3) is 0.312. The van der Waals surface area contributed by atoms with E-state index in [0.29, 0.717) is 0 Å². The Morgan fingerprint density at radius 2 is 2.00 bits per heavy atom. The van der Waals surface area contributed by atoms with E-state index in [2.05, 4.69) is 15.2 Å². The van der Waals surface area contributed by atoms with Crippen molar-refractivity contribution >= 4 is 5.82 Å². The maximum atomic E-state index is 9.72. The number of ether oxygens (including phenoxy) is 1. The largest absolute Gasteiger partial charge is 0.508 e. The number of benzene rings is 1. The number of piperazine rings is 1. The Labute approximate surface area is 124 Å². The van der Waals surface area contributed by atoms with Crippen LogP contribution in [0.1, 0.15) is 0 Å².